The van der Waals surface area contributed by atoms with Crippen LogP contribution in [0.4, 0.5) is 21.5 Å². The molecule has 1 aromatic heterocycles. The van der Waals surface area contributed by atoms with Crippen LogP contribution >= 0.6 is 0 Å². The number of ether oxygens (including phenoxy) is 2. The third kappa shape index (κ3) is 4.49. The van der Waals surface area contributed by atoms with Gasteiger partial charge in [0.25, 0.3) is 5.91 Å². The molecule has 178 valence electrons. The van der Waals surface area contributed by atoms with Crippen molar-refractivity contribution in [3.8, 4) is 11.5 Å². The zero-order valence-corrected chi connectivity index (χ0v) is 19.7. The molecule has 1 aliphatic rings. The normalized spacial score (nSPS) is 12.7. The predicted octanol–water partition coefficient (Wildman–Crippen LogP) is 6.27. The molecule has 6 nitrogen and oxygen atoms in total. The van der Waals surface area contributed by atoms with E-state index in [-0.39, 0.29) is 5.56 Å². The van der Waals surface area contributed by atoms with Gasteiger partial charge in [-0.1, -0.05) is 12.1 Å². The average Bonchev–Trinajstić information content (AvgIpc) is 2.88. The molecule has 0 saturated carbocycles. The van der Waals surface area contributed by atoms with Gasteiger partial charge in [-0.05, 0) is 73.7 Å². The maximum atomic E-state index is 14.1. The molecule has 35 heavy (non-hydrogen) atoms. The molecule has 3 aromatic carbocycles. The van der Waals surface area contributed by atoms with Gasteiger partial charge in [0.2, 0.25) is 0 Å². The van der Waals surface area contributed by atoms with Crippen molar-refractivity contribution in [2.75, 3.05) is 24.9 Å². The maximum absolute atomic E-state index is 14.1. The van der Waals surface area contributed by atoms with Crippen molar-refractivity contribution in [2.45, 2.75) is 25.7 Å². The minimum atomic E-state index is -0.558. The van der Waals surface area contributed by atoms with E-state index in [1.165, 1.54) is 17.7 Å². The number of pyridine rings is 1. The van der Waals surface area contributed by atoms with Crippen molar-refractivity contribution >= 4 is 33.9 Å². The molecule has 5 rings (SSSR count). The van der Waals surface area contributed by atoms with Gasteiger partial charge in [0.15, 0.2) is 11.5 Å². The first kappa shape index (κ1) is 22.7. The quantitative estimate of drug-likeness (QED) is 0.347. The van der Waals surface area contributed by atoms with Gasteiger partial charge in [0.05, 0.1) is 31.0 Å². The molecule has 7 heteroatoms. The van der Waals surface area contributed by atoms with E-state index in [0.29, 0.717) is 17.2 Å². The average molecular weight is 472 g/mol. The Morgan fingerprint density at radius 1 is 0.914 bits per heavy atom. The molecule has 4 aromatic rings. The van der Waals surface area contributed by atoms with Crippen LogP contribution in [-0.4, -0.2) is 25.1 Å². The smallest absolute Gasteiger partial charge is 0.258 e. The third-order valence-corrected chi connectivity index (χ3v) is 6.29. The van der Waals surface area contributed by atoms with E-state index in [9.17, 15) is 9.18 Å². The number of hydrogen-bond donors (Lipinski definition) is 2. The fourth-order valence-corrected chi connectivity index (χ4v) is 4.55. The van der Waals surface area contributed by atoms with Crippen molar-refractivity contribution in [2.24, 2.45) is 0 Å². The molecule has 0 spiro atoms. The number of anilines is 3. The molecular formula is C28H26FN3O3. The second-order valence-corrected chi connectivity index (χ2v) is 8.48. The van der Waals surface area contributed by atoms with E-state index in [4.69, 9.17) is 14.5 Å². The Labute approximate surface area is 203 Å². The summed E-state index contributed by atoms with van der Waals surface area (Å²) >= 11 is 0. The second kappa shape index (κ2) is 9.62. The number of nitrogens with one attached hydrogen (secondary N) is 2. The molecule has 0 radical (unpaired) electrons. The minimum Gasteiger partial charge on any atom is -0.493 e. The first-order chi connectivity index (χ1) is 17.1. The van der Waals surface area contributed by atoms with E-state index >= 15 is 0 Å². The SMILES string of the molecule is COc1ccc(Nc2c3c(nc4ccc(NC(=O)c5ccccc5F)cc24)CCCC3)cc1OC. The number of aromatic nitrogens is 1. The number of aryl methyl sites for hydroxylation is 1. The van der Waals surface area contributed by atoms with Gasteiger partial charge in [-0.3, -0.25) is 9.78 Å². The summed E-state index contributed by atoms with van der Waals surface area (Å²) in [6.07, 6.45) is 4.04. The molecule has 0 saturated heterocycles. The van der Waals surface area contributed by atoms with Gasteiger partial charge >= 0.3 is 0 Å². The van der Waals surface area contributed by atoms with E-state index in [0.717, 1.165) is 53.7 Å². The Balaban J connectivity index is 1.57. The van der Waals surface area contributed by atoms with Crippen LogP contribution < -0.4 is 20.1 Å². The molecular weight excluding hydrogens is 445 g/mol. The number of halogens is 1. The van der Waals surface area contributed by atoms with Crippen LogP contribution in [0.2, 0.25) is 0 Å². The Hall–Kier alpha value is -4.13. The van der Waals surface area contributed by atoms with E-state index in [1.54, 1.807) is 32.4 Å². The van der Waals surface area contributed by atoms with Crippen LogP contribution in [0.1, 0.15) is 34.5 Å². The minimum absolute atomic E-state index is 0.000149. The topological polar surface area (TPSA) is 72.5 Å². The van der Waals surface area contributed by atoms with Gasteiger partial charge in [-0.15, -0.1) is 0 Å². The van der Waals surface area contributed by atoms with Crippen LogP contribution in [0, 0.1) is 5.82 Å². The van der Waals surface area contributed by atoms with Gasteiger partial charge in [0, 0.05) is 28.5 Å². The standard InChI is InChI=1S/C28H26FN3O3/c1-34-25-14-12-18(16-26(25)35-2)30-27-20-8-4-6-10-23(20)32-24-13-11-17(15-21(24)27)31-28(33)19-7-3-5-9-22(19)29/h3,5,7,9,11-16H,4,6,8,10H2,1-2H3,(H,30,32)(H,31,33). The molecule has 0 bridgehead atoms. The molecule has 0 unspecified atom stereocenters. The van der Waals surface area contributed by atoms with Gasteiger partial charge < -0.3 is 20.1 Å². The Morgan fingerprint density at radius 3 is 2.49 bits per heavy atom. The van der Waals surface area contributed by atoms with Crippen molar-refractivity contribution in [3.05, 3.63) is 83.3 Å². The summed E-state index contributed by atoms with van der Waals surface area (Å²) in [5.74, 6) is 0.223. The van der Waals surface area contributed by atoms with E-state index < -0.39 is 11.7 Å². The highest BCUT2D eigenvalue weighted by atomic mass is 19.1. The number of fused-ring (bicyclic) bond motifs is 2. The summed E-state index contributed by atoms with van der Waals surface area (Å²) in [6.45, 7) is 0. The van der Waals surface area contributed by atoms with Crippen molar-refractivity contribution in [1.82, 2.24) is 4.98 Å². The number of hydrogen-bond acceptors (Lipinski definition) is 5. The number of amides is 1. The summed E-state index contributed by atoms with van der Waals surface area (Å²) < 4.78 is 25.0. The van der Waals surface area contributed by atoms with Gasteiger partial charge in [0.1, 0.15) is 5.82 Å². The van der Waals surface area contributed by atoms with Crippen LogP contribution in [0.15, 0.2) is 60.7 Å². The molecule has 1 amide bonds. The van der Waals surface area contributed by atoms with Crippen LogP contribution in [0.5, 0.6) is 11.5 Å². The summed E-state index contributed by atoms with van der Waals surface area (Å²) in [5, 5.41) is 7.28. The summed E-state index contributed by atoms with van der Waals surface area (Å²) in [7, 11) is 3.21. The highest BCUT2D eigenvalue weighted by molar-refractivity contribution is 6.06. The highest BCUT2D eigenvalue weighted by Gasteiger charge is 2.20. The van der Waals surface area contributed by atoms with E-state index in [1.807, 2.05) is 30.3 Å². The molecule has 0 atom stereocenters. The van der Waals surface area contributed by atoms with Crippen LogP contribution in [-0.2, 0) is 12.8 Å². The molecule has 1 aliphatic carbocycles. The Morgan fingerprint density at radius 2 is 1.69 bits per heavy atom. The van der Waals surface area contributed by atoms with Crippen LogP contribution in [0.3, 0.4) is 0 Å². The predicted molar refractivity (Wildman–Crippen MR) is 136 cm³/mol. The maximum Gasteiger partial charge on any atom is 0.258 e. The van der Waals surface area contributed by atoms with Crippen molar-refractivity contribution in [1.29, 1.82) is 0 Å². The number of benzene rings is 3. The number of carbonyl (C=O) groups excluding carboxylic acids is 1. The lowest BCUT2D eigenvalue weighted by Crippen LogP contribution is -2.14. The second-order valence-electron chi connectivity index (χ2n) is 8.48. The lowest BCUT2D eigenvalue weighted by molar-refractivity contribution is 0.102. The fraction of sp³-hybridized carbons (Fsp3) is 0.214. The monoisotopic (exact) mass is 471 g/mol. The molecule has 2 N–H and O–H groups in total. The number of carbonyl (C=O) groups is 1. The summed E-state index contributed by atoms with van der Waals surface area (Å²) in [4.78, 5) is 17.6. The van der Waals surface area contributed by atoms with Gasteiger partial charge in [-0.2, -0.15) is 0 Å². The fourth-order valence-electron chi connectivity index (χ4n) is 4.55. The molecule has 0 aliphatic heterocycles. The van der Waals surface area contributed by atoms with Crippen molar-refractivity contribution < 1.29 is 18.7 Å². The Kier molecular flexibility index (Phi) is 6.23. The van der Waals surface area contributed by atoms with Gasteiger partial charge in [-0.25, -0.2) is 4.39 Å². The largest absolute Gasteiger partial charge is 0.493 e. The lowest BCUT2D eigenvalue weighted by atomic mass is 9.92. The zero-order chi connectivity index (χ0) is 24.4. The number of nitrogens with zero attached hydrogens (tertiary/aromatic N) is 1. The third-order valence-electron chi connectivity index (χ3n) is 6.29. The van der Waals surface area contributed by atoms with Crippen molar-refractivity contribution in [3.63, 3.8) is 0 Å². The number of rotatable bonds is 6. The summed E-state index contributed by atoms with van der Waals surface area (Å²) in [6, 6.07) is 17.2. The molecule has 0 fully saturated rings. The summed E-state index contributed by atoms with van der Waals surface area (Å²) in [5.41, 5.74) is 5.48. The Bertz CT molecular complexity index is 1420. The first-order valence-electron chi connectivity index (χ1n) is 11.6. The number of methoxy groups -OCH3 is 2. The lowest BCUT2D eigenvalue weighted by Gasteiger charge is -2.22. The van der Waals surface area contributed by atoms with Crippen LogP contribution in [0.25, 0.3) is 10.9 Å². The highest BCUT2D eigenvalue weighted by Crippen LogP contribution is 2.38. The van der Waals surface area contributed by atoms with E-state index in [2.05, 4.69) is 10.6 Å². The zero-order valence-electron chi connectivity index (χ0n) is 19.7. The molecule has 1 heterocycles. The first-order valence-corrected chi connectivity index (χ1v) is 11.6.